The van der Waals surface area contributed by atoms with Crippen LogP contribution in [0.4, 0.5) is 11.4 Å². The first-order valence-corrected chi connectivity index (χ1v) is 8.30. The molecule has 0 radical (unpaired) electrons. The molecule has 0 spiro atoms. The molecule has 10 heteroatoms. The van der Waals surface area contributed by atoms with Crippen LogP contribution in [-0.4, -0.2) is 26.6 Å². The summed E-state index contributed by atoms with van der Waals surface area (Å²) in [5, 5.41) is 22.9. The highest BCUT2D eigenvalue weighted by molar-refractivity contribution is 8.00. The van der Waals surface area contributed by atoms with Crippen LogP contribution in [0.25, 0.3) is 0 Å². The first-order valence-electron chi connectivity index (χ1n) is 6.93. The van der Waals surface area contributed by atoms with Crippen LogP contribution in [0.15, 0.2) is 23.2 Å². The first kappa shape index (κ1) is 18.6. The van der Waals surface area contributed by atoms with Crippen molar-refractivity contribution in [2.24, 2.45) is 0 Å². The average Bonchev–Trinajstić information content (AvgIpc) is 2.54. The molecule has 2 rings (SSSR count). The van der Waals surface area contributed by atoms with Crippen LogP contribution in [-0.2, 0) is 4.79 Å². The van der Waals surface area contributed by atoms with Gasteiger partial charge < -0.3 is 5.32 Å². The monoisotopic (exact) mass is 377 g/mol. The largest absolute Gasteiger partial charge is 0.324 e. The van der Waals surface area contributed by atoms with Gasteiger partial charge in [0, 0.05) is 12.1 Å². The van der Waals surface area contributed by atoms with Crippen molar-refractivity contribution in [1.82, 2.24) is 9.97 Å². The van der Waals surface area contributed by atoms with Crippen LogP contribution in [0, 0.1) is 35.3 Å². The summed E-state index contributed by atoms with van der Waals surface area (Å²) in [4.78, 5) is 30.5. The van der Waals surface area contributed by atoms with Gasteiger partial charge in [-0.2, -0.15) is 5.26 Å². The minimum Gasteiger partial charge on any atom is -0.324 e. The minimum atomic E-state index is -0.573. The number of hydrogen-bond donors (Lipinski definition) is 1. The standard InChI is InChI=1S/C15H12ClN5O3S/c1-8-11(6-17)15(19-9(2)18-8)25-7-14(22)20-13-4-3-10(21(23)24)5-12(13)16/h3-5H,7H2,1-2H3,(H,20,22). The maximum Gasteiger partial charge on any atom is 0.271 e. The van der Waals surface area contributed by atoms with Crippen molar-refractivity contribution in [3.8, 4) is 6.07 Å². The topological polar surface area (TPSA) is 122 Å². The molecule has 0 bridgehead atoms. The van der Waals surface area contributed by atoms with Gasteiger partial charge in [-0.3, -0.25) is 14.9 Å². The van der Waals surface area contributed by atoms with Crippen LogP contribution in [0.3, 0.4) is 0 Å². The highest BCUT2D eigenvalue weighted by atomic mass is 35.5. The number of carbonyl (C=O) groups excluding carboxylic acids is 1. The number of halogens is 1. The Morgan fingerprint density at radius 2 is 2.16 bits per heavy atom. The molecule has 1 aromatic carbocycles. The maximum absolute atomic E-state index is 12.1. The quantitative estimate of drug-likeness (QED) is 0.367. The van der Waals surface area contributed by atoms with Gasteiger partial charge in [0.1, 0.15) is 22.5 Å². The van der Waals surface area contributed by atoms with Crippen LogP contribution in [0.5, 0.6) is 0 Å². The van der Waals surface area contributed by atoms with Gasteiger partial charge in [-0.15, -0.1) is 0 Å². The molecule has 8 nitrogen and oxygen atoms in total. The molecule has 1 N–H and O–H groups in total. The van der Waals surface area contributed by atoms with Gasteiger partial charge in [0.25, 0.3) is 5.69 Å². The van der Waals surface area contributed by atoms with Gasteiger partial charge in [0.15, 0.2) is 0 Å². The molecule has 0 atom stereocenters. The molecule has 0 aliphatic heterocycles. The summed E-state index contributed by atoms with van der Waals surface area (Å²) in [7, 11) is 0. The number of nitrogens with zero attached hydrogens (tertiary/aromatic N) is 4. The molecule has 0 aliphatic rings. The van der Waals surface area contributed by atoms with E-state index < -0.39 is 4.92 Å². The highest BCUT2D eigenvalue weighted by Crippen LogP contribution is 2.27. The fourth-order valence-electron chi connectivity index (χ4n) is 1.95. The Bertz CT molecular complexity index is 897. The van der Waals surface area contributed by atoms with Gasteiger partial charge >= 0.3 is 0 Å². The van der Waals surface area contributed by atoms with E-state index in [2.05, 4.69) is 15.3 Å². The number of hydrogen-bond acceptors (Lipinski definition) is 7. The zero-order valence-corrected chi connectivity index (χ0v) is 14.8. The summed E-state index contributed by atoms with van der Waals surface area (Å²) >= 11 is 7.04. The normalized spacial score (nSPS) is 10.2. The van der Waals surface area contributed by atoms with Crippen molar-refractivity contribution in [1.29, 1.82) is 5.26 Å². The molecule has 2 aromatic rings. The third-order valence-corrected chi connectivity index (χ3v) is 4.35. The van der Waals surface area contributed by atoms with E-state index in [4.69, 9.17) is 11.6 Å². The molecule has 0 saturated heterocycles. The fraction of sp³-hybridized carbons (Fsp3) is 0.200. The molecule has 1 aromatic heterocycles. The second-order valence-corrected chi connectivity index (χ2v) is 6.28. The van der Waals surface area contributed by atoms with Crippen LogP contribution in [0.1, 0.15) is 17.1 Å². The van der Waals surface area contributed by atoms with E-state index in [1.54, 1.807) is 13.8 Å². The Hall–Kier alpha value is -2.70. The number of thioether (sulfide) groups is 1. The number of nitro benzene ring substituents is 1. The highest BCUT2D eigenvalue weighted by Gasteiger charge is 2.14. The number of nitriles is 1. The lowest BCUT2D eigenvalue weighted by molar-refractivity contribution is -0.384. The molecule has 0 unspecified atom stereocenters. The average molecular weight is 378 g/mol. The number of aromatic nitrogens is 2. The number of aryl methyl sites for hydroxylation is 2. The zero-order valence-electron chi connectivity index (χ0n) is 13.2. The van der Waals surface area contributed by atoms with Crippen molar-refractivity contribution in [3.63, 3.8) is 0 Å². The molecule has 128 valence electrons. The zero-order chi connectivity index (χ0) is 18.6. The summed E-state index contributed by atoms with van der Waals surface area (Å²) in [5.41, 5.74) is 0.990. The molecule has 1 amide bonds. The SMILES string of the molecule is Cc1nc(C)c(C#N)c(SCC(=O)Nc2ccc([N+](=O)[O-])cc2Cl)n1. The minimum absolute atomic E-state index is 0.00209. The van der Waals surface area contributed by atoms with E-state index in [9.17, 15) is 20.2 Å². The maximum atomic E-state index is 12.1. The lowest BCUT2D eigenvalue weighted by Gasteiger charge is -2.08. The fourth-order valence-corrected chi connectivity index (χ4v) is 3.05. The smallest absolute Gasteiger partial charge is 0.271 e. The molecular formula is C15H12ClN5O3S. The van der Waals surface area contributed by atoms with E-state index in [0.29, 0.717) is 22.1 Å². The van der Waals surface area contributed by atoms with E-state index in [1.165, 1.54) is 12.1 Å². The van der Waals surface area contributed by atoms with Crippen molar-refractivity contribution in [2.75, 3.05) is 11.1 Å². The van der Waals surface area contributed by atoms with Crippen molar-refractivity contribution < 1.29 is 9.72 Å². The summed E-state index contributed by atoms with van der Waals surface area (Å²) < 4.78 is 0. The van der Waals surface area contributed by atoms with Gasteiger partial charge in [-0.25, -0.2) is 9.97 Å². The summed E-state index contributed by atoms with van der Waals surface area (Å²) in [5.74, 6) is 0.133. The van der Waals surface area contributed by atoms with Gasteiger partial charge in [-0.05, 0) is 19.9 Å². The van der Waals surface area contributed by atoms with E-state index in [-0.39, 0.29) is 28.1 Å². The molecule has 0 aliphatic carbocycles. The molecule has 0 fully saturated rings. The number of rotatable bonds is 5. The number of anilines is 1. The second-order valence-electron chi connectivity index (χ2n) is 4.91. The Morgan fingerprint density at radius 3 is 2.76 bits per heavy atom. The Morgan fingerprint density at radius 1 is 1.44 bits per heavy atom. The molecule has 0 saturated carbocycles. The van der Waals surface area contributed by atoms with Crippen LogP contribution in [0.2, 0.25) is 5.02 Å². The molecule has 1 heterocycles. The number of nitrogens with one attached hydrogen (secondary N) is 1. The Labute approximate surface area is 152 Å². The third-order valence-electron chi connectivity index (χ3n) is 3.06. The number of amides is 1. The number of nitro groups is 1. The van der Waals surface area contributed by atoms with Gasteiger partial charge in [0.2, 0.25) is 5.91 Å². The predicted molar refractivity (Wildman–Crippen MR) is 93.7 cm³/mol. The van der Waals surface area contributed by atoms with Crippen LogP contribution >= 0.6 is 23.4 Å². The van der Waals surface area contributed by atoms with E-state index >= 15 is 0 Å². The summed E-state index contributed by atoms with van der Waals surface area (Å²) in [6, 6.07) is 5.80. The van der Waals surface area contributed by atoms with E-state index in [1.807, 2.05) is 6.07 Å². The van der Waals surface area contributed by atoms with Crippen molar-refractivity contribution in [3.05, 3.63) is 50.4 Å². The molecular weight excluding hydrogens is 366 g/mol. The van der Waals surface area contributed by atoms with Crippen LogP contribution < -0.4 is 5.32 Å². The van der Waals surface area contributed by atoms with Gasteiger partial charge in [-0.1, -0.05) is 23.4 Å². The van der Waals surface area contributed by atoms with Crippen molar-refractivity contribution in [2.45, 2.75) is 18.9 Å². The lowest BCUT2D eigenvalue weighted by Crippen LogP contribution is -2.15. The van der Waals surface area contributed by atoms with E-state index in [0.717, 1.165) is 17.8 Å². The number of benzene rings is 1. The number of carbonyl (C=O) groups is 1. The predicted octanol–water partition coefficient (Wildman–Crippen LogP) is 3.26. The number of non-ortho nitro benzene ring substituents is 1. The van der Waals surface area contributed by atoms with Crippen molar-refractivity contribution >= 4 is 40.6 Å². The molecule has 25 heavy (non-hydrogen) atoms. The Balaban J connectivity index is 2.07. The first-order chi connectivity index (χ1) is 11.8. The summed E-state index contributed by atoms with van der Waals surface area (Å²) in [6.07, 6.45) is 0. The lowest BCUT2D eigenvalue weighted by atomic mass is 10.3. The second kappa shape index (κ2) is 7.92. The summed E-state index contributed by atoms with van der Waals surface area (Å²) in [6.45, 7) is 3.41. The third kappa shape index (κ3) is 4.65. The van der Waals surface area contributed by atoms with Gasteiger partial charge in [0.05, 0.1) is 27.1 Å². The Kier molecular flexibility index (Phi) is 5.90.